The van der Waals surface area contributed by atoms with Crippen LogP contribution in [-0.2, 0) is 16.2 Å². The van der Waals surface area contributed by atoms with Gasteiger partial charge in [0.2, 0.25) is 0 Å². The van der Waals surface area contributed by atoms with E-state index in [1.165, 1.54) is 11.7 Å². The quantitative estimate of drug-likeness (QED) is 0.463. The Morgan fingerprint density at radius 3 is 2.39 bits per heavy atom. The van der Waals surface area contributed by atoms with Crippen LogP contribution in [0.4, 0.5) is 13.2 Å². The van der Waals surface area contributed by atoms with E-state index in [-0.39, 0.29) is 31.9 Å². The van der Waals surface area contributed by atoms with Crippen molar-refractivity contribution in [3.8, 4) is 22.9 Å². The van der Waals surface area contributed by atoms with Crippen molar-refractivity contribution in [2.75, 3.05) is 26.7 Å². The Hall–Kier alpha value is -3.84. The lowest BCUT2D eigenvalue weighted by Gasteiger charge is -2.37. The molecule has 1 saturated heterocycles. The summed E-state index contributed by atoms with van der Waals surface area (Å²) < 4.78 is 45.1. The van der Waals surface area contributed by atoms with Crippen LogP contribution in [0.25, 0.3) is 21.9 Å². The molecule has 0 unspecified atom stereocenters. The second-order valence-electron chi connectivity index (χ2n) is 8.74. The molecular weight excluding hydrogens is 475 g/mol. The molecule has 7 nitrogen and oxygen atoms in total. The van der Waals surface area contributed by atoms with Crippen molar-refractivity contribution >= 4 is 16.7 Å². The average molecular weight is 500 g/mol. The number of carbonyl (C=O) groups excluding carboxylic acids is 1. The van der Waals surface area contributed by atoms with Gasteiger partial charge in [-0.05, 0) is 30.2 Å². The van der Waals surface area contributed by atoms with Gasteiger partial charge in [-0.2, -0.15) is 18.4 Å². The second kappa shape index (κ2) is 10.0. The molecule has 3 aromatic rings. The van der Waals surface area contributed by atoms with E-state index in [2.05, 4.69) is 6.07 Å². The molecule has 1 aliphatic rings. The highest BCUT2D eigenvalue weighted by Crippen LogP contribution is 2.33. The first-order valence-electron chi connectivity index (χ1n) is 11.6. The number of alkyl halides is 3. The number of rotatable bonds is 6. The lowest BCUT2D eigenvalue weighted by atomic mass is 9.96. The molecule has 0 saturated carbocycles. The van der Waals surface area contributed by atoms with Crippen LogP contribution >= 0.6 is 0 Å². The SMILES string of the molecule is COc1ccc2c(=O)n(CC[N+]3(OC(=O)C(F)(F)F)CCCCC3)c(C#N)c(-c3ccccc3)c2c1. The molecule has 0 N–H and O–H groups in total. The number of benzene rings is 2. The van der Waals surface area contributed by atoms with Gasteiger partial charge in [0.15, 0.2) is 0 Å². The van der Waals surface area contributed by atoms with Gasteiger partial charge < -0.3 is 4.74 Å². The molecule has 0 aliphatic carbocycles. The third-order valence-electron chi connectivity index (χ3n) is 6.52. The molecule has 36 heavy (non-hydrogen) atoms. The molecule has 1 aliphatic heterocycles. The van der Waals surface area contributed by atoms with Crippen molar-refractivity contribution in [2.45, 2.75) is 32.0 Å². The summed E-state index contributed by atoms with van der Waals surface area (Å²) in [5.74, 6) is -1.74. The number of methoxy groups -OCH3 is 1. The zero-order valence-corrected chi connectivity index (χ0v) is 19.7. The summed E-state index contributed by atoms with van der Waals surface area (Å²) in [6.45, 7) is 0.227. The van der Waals surface area contributed by atoms with Crippen molar-refractivity contribution in [2.24, 2.45) is 0 Å². The highest BCUT2D eigenvalue weighted by molar-refractivity contribution is 5.99. The minimum absolute atomic E-state index is 0.0734. The molecule has 0 amide bonds. The van der Waals surface area contributed by atoms with Gasteiger partial charge in [0.1, 0.15) is 37.1 Å². The number of ether oxygens (including phenoxy) is 1. The Kier molecular flexibility index (Phi) is 7.04. The molecule has 1 fully saturated rings. The molecule has 1 aromatic heterocycles. The highest BCUT2D eigenvalue weighted by atomic mass is 19.4. The van der Waals surface area contributed by atoms with Crippen LogP contribution in [0, 0.1) is 11.3 Å². The molecule has 0 atom stereocenters. The number of hydroxylamine groups is 3. The summed E-state index contributed by atoms with van der Waals surface area (Å²) in [4.78, 5) is 30.2. The minimum Gasteiger partial charge on any atom is -0.497 e. The van der Waals surface area contributed by atoms with Crippen molar-refractivity contribution < 1.29 is 32.2 Å². The van der Waals surface area contributed by atoms with Crippen molar-refractivity contribution in [1.82, 2.24) is 4.57 Å². The number of halogens is 3. The Bertz CT molecular complexity index is 1370. The Morgan fingerprint density at radius 2 is 1.78 bits per heavy atom. The molecule has 188 valence electrons. The first-order chi connectivity index (χ1) is 17.2. The van der Waals surface area contributed by atoms with Crippen LogP contribution in [0.1, 0.15) is 25.0 Å². The standard InChI is InChI=1S/C26H25F3N3O4/c1-35-19-10-11-20-21(16-19)23(18-8-4-2-5-9-18)22(17-30)31(24(20)33)12-15-32(13-6-3-7-14-32)36-25(34)26(27,28)29/h2,4-5,8-11,16H,3,6-7,12-15H2,1H3/q+1. The summed E-state index contributed by atoms with van der Waals surface area (Å²) in [5.41, 5.74) is 0.834. The summed E-state index contributed by atoms with van der Waals surface area (Å²) in [6.07, 6.45) is -3.15. The van der Waals surface area contributed by atoms with Gasteiger partial charge in [-0.1, -0.05) is 30.3 Å². The highest BCUT2D eigenvalue weighted by Gasteiger charge is 2.48. The van der Waals surface area contributed by atoms with E-state index in [1.807, 2.05) is 30.3 Å². The summed E-state index contributed by atoms with van der Waals surface area (Å²) in [5, 5.41) is 11.0. The fourth-order valence-corrected chi connectivity index (χ4v) is 4.74. The van der Waals surface area contributed by atoms with Crippen LogP contribution in [0.2, 0.25) is 0 Å². The number of piperidine rings is 1. The molecule has 0 spiro atoms. The number of aromatic nitrogens is 1. The number of nitrogens with zero attached hydrogens (tertiary/aromatic N) is 3. The average Bonchev–Trinajstić information content (AvgIpc) is 2.88. The van der Waals surface area contributed by atoms with E-state index < -0.39 is 22.4 Å². The first-order valence-corrected chi connectivity index (χ1v) is 11.6. The Morgan fingerprint density at radius 1 is 1.08 bits per heavy atom. The van der Waals surface area contributed by atoms with Gasteiger partial charge in [0.25, 0.3) is 5.56 Å². The van der Waals surface area contributed by atoms with Gasteiger partial charge in [-0.15, -0.1) is 4.65 Å². The number of hydrogen-bond acceptors (Lipinski definition) is 5. The number of fused-ring (bicyclic) bond motifs is 1. The van der Waals surface area contributed by atoms with Crippen molar-refractivity contribution in [3.63, 3.8) is 0 Å². The van der Waals surface area contributed by atoms with Gasteiger partial charge in [0.05, 0.1) is 13.7 Å². The van der Waals surface area contributed by atoms with Crippen LogP contribution in [0.15, 0.2) is 53.3 Å². The van der Waals surface area contributed by atoms with E-state index >= 15 is 0 Å². The predicted molar refractivity (Wildman–Crippen MR) is 126 cm³/mol. The molecule has 10 heteroatoms. The van der Waals surface area contributed by atoms with E-state index in [4.69, 9.17) is 9.57 Å². The fourth-order valence-electron chi connectivity index (χ4n) is 4.74. The van der Waals surface area contributed by atoms with E-state index in [9.17, 15) is 28.0 Å². The van der Waals surface area contributed by atoms with Crippen LogP contribution in [0.3, 0.4) is 0 Å². The maximum atomic E-state index is 13.5. The van der Waals surface area contributed by atoms with Crippen molar-refractivity contribution in [1.29, 1.82) is 5.26 Å². The van der Waals surface area contributed by atoms with Gasteiger partial charge in [-0.25, -0.2) is 4.79 Å². The third-order valence-corrected chi connectivity index (χ3v) is 6.52. The number of pyridine rings is 1. The van der Waals surface area contributed by atoms with E-state index in [1.54, 1.807) is 18.2 Å². The van der Waals surface area contributed by atoms with Crippen LogP contribution in [-0.4, -0.2) is 48.1 Å². The Balaban J connectivity index is 1.84. The normalized spacial score (nSPS) is 15.3. The molecule has 0 bridgehead atoms. The number of likely N-dealkylation sites (tertiary alicyclic amines) is 1. The number of nitriles is 1. The van der Waals surface area contributed by atoms with Gasteiger partial charge in [-0.3, -0.25) is 14.2 Å². The van der Waals surface area contributed by atoms with E-state index in [0.717, 1.165) is 6.42 Å². The minimum atomic E-state index is -5.13. The smallest absolute Gasteiger partial charge is 0.497 e. The molecule has 4 rings (SSSR count). The van der Waals surface area contributed by atoms with Crippen LogP contribution in [0.5, 0.6) is 5.75 Å². The topological polar surface area (TPSA) is 81.3 Å². The largest absolute Gasteiger partial charge is 0.497 e. The summed E-state index contributed by atoms with van der Waals surface area (Å²) in [7, 11) is 1.50. The van der Waals surface area contributed by atoms with Gasteiger partial charge in [0, 0.05) is 29.2 Å². The molecule has 2 heterocycles. The predicted octanol–water partition coefficient (Wildman–Crippen LogP) is 4.57. The molecule has 0 radical (unpaired) electrons. The molecule has 2 aromatic carbocycles. The number of hydrogen-bond donors (Lipinski definition) is 0. The zero-order chi connectivity index (χ0) is 25.9. The lowest BCUT2D eigenvalue weighted by molar-refractivity contribution is -1.09. The van der Waals surface area contributed by atoms with Crippen molar-refractivity contribution in [3.05, 3.63) is 64.6 Å². The first kappa shape index (κ1) is 25.3. The lowest BCUT2D eigenvalue weighted by Crippen LogP contribution is -2.56. The fraction of sp³-hybridized carbons (Fsp3) is 0.346. The monoisotopic (exact) mass is 500 g/mol. The summed E-state index contributed by atoms with van der Waals surface area (Å²) in [6, 6.07) is 16.1. The second-order valence-corrected chi connectivity index (χ2v) is 8.74. The maximum absolute atomic E-state index is 13.5. The third kappa shape index (κ3) is 4.93. The summed E-state index contributed by atoms with van der Waals surface area (Å²) >= 11 is 0. The maximum Gasteiger partial charge on any atom is 0.497 e. The van der Waals surface area contributed by atoms with E-state index in [0.29, 0.717) is 40.5 Å². The van der Waals surface area contributed by atoms with Crippen LogP contribution < -0.4 is 10.3 Å². The molecular formula is C26H25F3N3O4+. The Labute approximate surface area is 205 Å². The number of quaternary nitrogens is 1. The van der Waals surface area contributed by atoms with Gasteiger partial charge >= 0.3 is 12.1 Å². The zero-order valence-electron chi connectivity index (χ0n) is 19.7. The number of carbonyl (C=O) groups is 1.